The molecule has 1 atom stereocenters. The SMILES string of the molecule is CCC1(C)NC(=O)N(NC(=O)CSc2nnnn2-c2ccc(C)cc2)C1=O. The summed E-state index contributed by atoms with van der Waals surface area (Å²) in [5, 5.41) is 15.2. The molecule has 1 aromatic carbocycles. The van der Waals surface area contributed by atoms with Crippen LogP contribution in [0.5, 0.6) is 0 Å². The van der Waals surface area contributed by atoms with Gasteiger partial charge in [0, 0.05) is 0 Å². The van der Waals surface area contributed by atoms with Gasteiger partial charge in [0.2, 0.25) is 11.1 Å². The van der Waals surface area contributed by atoms with Crippen LogP contribution in [0.3, 0.4) is 0 Å². The van der Waals surface area contributed by atoms with Crippen LogP contribution in [0.15, 0.2) is 29.4 Å². The summed E-state index contributed by atoms with van der Waals surface area (Å²) in [6.07, 6.45) is 0.421. The van der Waals surface area contributed by atoms with Gasteiger partial charge in [0.05, 0.1) is 11.4 Å². The Labute approximate surface area is 159 Å². The molecule has 1 aliphatic rings. The molecule has 1 unspecified atom stereocenters. The van der Waals surface area contributed by atoms with Gasteiger partial charge in [-0.15, -0.1) is 5.10 Å². The third-order valence-electron chi connectivity index (χ3n) is 4.26. The smallest absolute Gasteiger partial charge is 0.322 e. The van der Waals surface area contributed by atoms with Crippen LogP contribution >= 0.6 is 11.8 Å². The number of rotatable bonds is 6. The first-order chi connectivity index (χ1) is 12.8. The fourth-order valence-electron chi connectivity index (χ4n) is 2.43. The van der Waals surface area contributed by atoms with Crippen molar-refractivity contribution in [2.24, 2.45) is 0 Å². The van der Waals surface area contributed by atoms with E-state index in [9.17, 15) is 14.4 Å². The van der Waals surface area contributed by atoms with E-state index in [1.165, 1.54) is 4.68 Å². The highest BCUT2D eigenvalue weighted by atomic mass is 32.2. The first-order valence-corrected chi connectivity index (χ1v) is 9.27. The van der Waals surface area contributed by atoms with E-state index in [4.69, 9.17) is 0 Å². The number of hydrazine groups is 1. The number of nitrogens with one attached hydrogen (secondary N) is 2. The fourth-order valence-corrected chi connectivity index (χ4v) is 3.11. The molecule has 10 nitrogen and oxygen atoms in total. The predicted octanol–water partition coefficient (Wildman–Crippen LogP) is 0.815. The molecule has 2 heterocycles. The minimum absolute atomic E-state index is 0.0634. The predicted molar refractivity (Wildman–Crippen MR) is 96.8 cm³/mol. The van der Waals surface area contributed by atoms with Crippen molar-refractivity contribution in [1.29, 1.82) is 0 Å². The number of tetrazole rings is 1. The number of benzene rings is 1. The zero-order valence-corrected chi connectivity index (χ0v) is 15.9. The number of carbonyl (C=O) groups is 3. The molecule has 0 bridgehead atoms. The van der Waals surface area contributed by atoms with E-state index in [-0.39, 0.29) is 5.75 Å². The molecular weight excluding hydrogens is 370 g/mol. The number of aryl methyl sites for hydroxylation is 1. The maximum absolute atomic E-state index is 12.3. The summed E-state index contributed by atoms with van der Waals surface area (Å²) < 4.78 is 1.51. The molecule has 4 amide bonds. The molecule has 0 aliphatic carbocycles. The van der Waals surface area contributed by atoms with E-state index in [2.05, 4.69) is 26.3 Å². The number of imide groups is 1. The van der Waals surface area contributed by atoms with Crippen LogP contribution in [0.1, 0.15) is 25.8 Å². The molecule has 1 fully saturated rings. The van der Waals surface area contributed by atoms with Crippen molar-refractivity contribution < 1.29 is 14.4 Å². The highest BCUT2D eigenvalue weighted by molar-refractivity contribution is 7.99. The minimum Gasteiger partial charge on any atom is -0.322 e. The van der Waals surface area contributed by atoms with Crippen LogP contribution in [0, 0.1) is 6.92 Å². The van der Waals surface area contributed by atoms with Crippen molar-refractivity contribution in [3.63, 3.8) is 0 Å². The molecule has 142 valence electrons. The van der Waals surface area contributed by atoms with Crippen molar-refractivity contribution >= 4 is 29.6 Å². The Bertz CT molecular complexity index is 882. The quantitative estimate of drug-likeness (QED) is 0.554. The van der Waals surface area contributed by atoms with Crippen molar-refractivity contribution in [2.45, 2.75) is 37.9 Å². The highest BCUT2D eigenvalue weighted by Crippen LogP contribution is 2.20. The number of aromatic nitrogens is 4. The summed E-state index contributed by atoms with van der Waals surface area (Å²) >= 11 is 1.10. The van der Waals surface area contributed by atoms with Gasteiger partial charge >= 0.3 is 6.03 Å². The molecule has 3 rings (SSSR count). The lowest BCUT2D eigenvalue weighted by molar-refractivity contribution is -0.137. The molecule has 0 radical (unpaired) electrons. The van der Waals surface area contributed by atoms with E-state index in [0.717, 1.165) is 28.0 Å². The average Bonchev–Trinajstić information content (AvgIpc) is 3.20. The monoisotopic (exact) mass is 389 g/mol. The maximum atomic E-state index is 12.3. The van der Waals surface area contributed by atoms with E-state index in [1.54, 1.807) is 13.8 Å². The molecule has 2 aromatic rings. The van der Waals surface area contributed by atoms with Gasteiger partial charge in [0.25, 0.3) is 5.91 Å². The average molecular weight is 389 g/mol. The number of carbonyl (C=O) groups excluding carboxylic acids is 3. The Morgan fingerprint density at radius 2 is 2.00 bits per heavy atom. The summed E-state index contributed by atoms with van der Waals surface area (Å²) in [4.78, 5) is 36.4. The third-order valence-corrected chi connectivity index (χ3v) is 5.18. The van der Waals surface area contributed by atoms with Crippen molar-refractivity contribution in [2.75, 3.05) is 5.75 Å². The lowest BCUT2D eigenvalue weighted by Gasteiger charge is -2.19. The van der Waals surface area contributed by atoms with Crippen LogP contribution in [-0.4, -0.2) is 54.4 Å². The normalized spacial score (nSPS) is 19.3. The Morgan fingerprint density at radius 3 is 2.63 bits per heavy atom. The van der Waals surface area contributed by atoms with Crippen LogP contribution in [-0.2, 0) is 9.59 Å². The second kappa shape index (κ2) is 7.35. The second-order valence-corrected chi connectivity index (χ2v) is 7.23. The van der Waals surface area contributed by atoms with Crippen LogP contribution < -0.4 is 10.7 Å². The summed E-state index contributed by atoms with van der Waals surface area (Å²) in [6.45, 7) is 5.37. The molecule has 0 spiro atoms. The minimum atomic E-state index is -1.01. The van der Waals surface area contributed by atoms with Crippen molar-refractivity contribution in [3.05, 3.63) is 29.8 Å². The number of nitrogens with zero attached hydrogens (tertiary/aromatic N) is 5. The molecule has 0 saturated carbocycles. The Hall–Kier alpha value is -2.95. The standard InChI is InChI=1S/C16H19N7O3S/c1-4-16(3)13(25)23(14(26)17-16)19-12(24)9-27-15-18-20-21-22(15)11-7-5-10(2)6-8-11/h5-8H,4,9H2,1-3H3,(H,17,26)(H,19,24). The van der Waals surface area contributed by atoms with Gasteiger partial charge in [0.15, 0.2) is 0 Å². The number of hydrogen-bond donors (Lipinski definition) is 2. The van der Waals surface area contributed by atoms with Gasteiger partial charge in [0.1, 0.15) is 5.54 Å². The topological polar surface area (TPSA) is 122 Å². The van der Waals surface area contributed by atoms with Crippen molar-refractivity contribution in [1.82, 2.24) is 36.0 Å². The lowest BCUT2D eigenvalue weighted by Crippen LogP contribution is -2.49. The van der Waals surface area contributed by atoms with Gasteiger partial charge in [-0.05, 0) is 42.8 Å². The molecule has 1 aromatic heterocycles. The van der Waals surface area contributed by atoms with Gasteiger partial charge in [-0.2, -0.15) is 9.69 Å². The fraction of sp³-hybridized carbons (Fsp3) is 0.375. The Kier molecular flexibility index (Phi) is 5.13. The first-order valence-electron chi connectivity index (χ1n) is 8.28. The van der Waals surface area contributed by atoms with Gasteiger partial charge in [-0.1, -0.05) is 36.4 Å². The number of thioether (sulfide) groups is 1. The summed E-state index contributed by atoms with van der Waals surface area (Å²) in [7, 11) is 0. The van der Waals surface area contributed by atoms with E-state index in [0.29, 0.717) is 11.6 Å². The third kappa shape index (κ3) is 3.77. The number of amides is 4. The largest absolute Gasteiger partial charge is 0.344 e. The summed E-state index contributed by atoms with van der Waals surface area (Å²) in [6, 6.07) is 6.96. The van der Waals surface area contributed by atoms with Gasteiger partial charge < -0.3 is 5.32 Å². The molecule has 2 N–H and O–H groups in total. The van der Waals surface area contributed by atoms with Crippen molar-refractivity contribution in [3.8, 4) is 5.69 Å². The number of hydrogen-bond acceptors (Lipinski definition) is 7. The maximum Gasteiger partial charge on any atom is 0.344 e. The second-order valence-electron chi connectivity index (χ2n) is 6.29. The molecule has 11 heteroatoms. The van der Waals surface area contributed by atoms with Gasteiger partial charge in [-0.25, -0.2) is 4.79 Å². The zero-order chi connectivity index (χ0) is 19.6. The lowest BCUT2D eigenvalue weighted by atomic mass is 10.00. The molecule has 1 aliphatic heterocycles. The van der Waals surface area contributed by atoms with E-state index >= 15 is 0 Å². The highest BCUT2D eigenvalue weighted by Gasteiger charge is 2.47. The summed E-state index contributed by atoms with van der Waals surface area (Å²) in [5.74, 6) is -1.06. The first kappa shape index (κ1) is 18.8. The van der Waals surface area contributed by atoms with Gasteiger partial charge in [-0.3, -0.25) is 15.0 Å². The van der Waals surface area contributed by atoms with E-state index in [1.807, 2.05) is 31.2 Å². The van der Waals surface area contributed by atoms with Crippen LogP contribution in [0.2, 0.25) is 0 Å². The molecule has 27 heavy (non-hydrogen) atoms. The molecular formula is C16H19N7O3S. The van der Waals surface area contributed by atoms with Crippen LogP contribution in [0.25, 0.3) is 5.69 Å². The molecule has 1 saturated heterocycles. The Balaban J connectivity index is 1.62. The van der Waals surface area contributed by atoms with E-state index < -0.39 is 23.4 Å². The summed E-state index contributed by atoms with van der Waals surface area (Å²) in [5.41, 5.74) is 3.19. The zero-order valence-electron chi connectivity index (χ0n) is 15.1. The van der Waals surface area contributed by atoms with Crippen LogP contribution in [0.4, 0.5) is 4.79 Å². The number of urea groups is 1. The Morgan fingerprint density at radius 1 is 1.30 bits per heavy atom.